The number of methoxy groups -OCH3 is 2. The predicted molar refractivity (Wildman–Crippen MR) is 50.8 cm³/mol. The molecule has 0 bridgehead atoms. The van der Waals surface area contributed by atoms with Crippen LogP contribution in [0.1, 0.15) is 19.3 Å². The van der Waals surface area contributed by atoms with Crippen molar-refractivity contribution in [3.05, 3.63) is 0 Å². The molecule has 3 nitrogen and oxygen atoms in total. The van der Waals surface area contributed by atoms with Crippen molar-refractivity contribution >= 4 is 0 Å². The summed E-state index contributed by atoms with van der Waals surface area (Å²) < 4.78 is 10.7. The standard InChI is InChI=1S/C10H19NO2/c1-12-8-10-4-3-5-11(10)7-9(6-10)13-2/h9H,3-8H2,1-2H3/t9-,10?/m1/s1. The Kier molecular flexibility index (Phi) is 2.58. The summed E-state index contributed by atoms with van der Waals surface area (Å²) in [6, 6.07) is 0. The fraction of sp³-hybridized carbons (Fsp3) is 1.00. The normalized spacial score (nSPS) is 39.7. The molecule has 76 valence electrons. The molecule has 2 atom stereocenters. The Hall–Kier alpha value is -0.120. The van der Waals surface area contributed by atoms with E-state index in [0.717, 1.165) is 19.6 Å². The lowest BCUT2D eigenvalue weighted by atomic mass is 9.94. The number of rotatable bonds is 3. The van der Waals surface area contributed by atoms with Gasteiger partial charge in [-0.25, -0.2) is 0 Å². The summed E-state index contributed by atoms with van der Waals surface area (Å²) in [6.45, 7) is 3.19. The SMILES string of the molecule is COCC12CCCN1C[C@H](OC)C2. The van der Waals surface area contributed by atoms with Gasteiger partial charge in [-0.3, -0.25) is 4.90 Å². The minimum absolute atomic E-state index is 0.315. The molecule has 2 aliphatic heterocycles. The molecule has 0 spiro atoms. The van der Waals surface area contributed by atoms with Crippen LogP contribution in [0, 0.1) is 0 Å². The third kappa shape index (κ3) is 1.49. The first-order valence-electron chi connectivity index (χ1n) is 5.07. The van der Waals surface area contributed by atoms with E-state index in [0.29, 0.717) is 11.6 Å². The van der Waals surface area contributed by atoms with Crippen molar-refractivity contribution in [3.8, 4) is 0 Å². The van der Waals surface area contributed by atoms with Gasteiger partial charge in [-0.05, 0) is 25.8 Å². The highest BCUT2D eigenvalue weighted by Gasteiger charge is 2.48. The maximum atomic E-state index is 5.42. The molecule has 2 heterocycles. The van der Waals surface area contributed by atoms with Gasteiger partial charge < -0.3 is 9.47 Å². The van der Waals surface area contributed by atoms with E-state index >= 15 is 0 Å². The fourth-order valence-corrected chi connectivity index (χ4v) is 2.89. The van der Waals surface area contributed by atoms with E-state index in [2.05, 4.69) is 4.90 Å². The Morgan fingerprint density at radius 1 is 1.46 bits per heavy atom. The van der Waals surface area contributed by atoms with Gasteiger partial charge in [0.2, 0.25) is 0 Å². The summed E-state index contributed by atoms with van der Waals surface area (Å²) >= 11 is 0. The molecule has 0 N–H and O–H groups in total. The second-order valence-electron chi connectivity index (χ2n) is 4.27. The van der Waals surface area contributed by atoms with Gasteiger partial charge in [-0.1, -0.05) is 0 Å². The smallest absolute Gasteiger partial charge is 0.0716 e. The number of hydrogen-bond donors (Lipinski definition) is 0. The van der Waals surface area contributed by atoms with Crippen LogP contribution in [-0.4, -0.2) is 50.5 Å². The van der Waals surface area contributed by atoms with E-state index in [1.54, 1.807) is 7.11 Å². The van der Waals surface area contributed by atoms with Crippen molar-refractivity contribution in [2.45, 2.75) is 30.9 Å². The highest BCUT2D eigenvalue weighted by atomic mass is 16.5. The molecule has 0 radical (unpaired) electrons. The number of fused-ring (bicyclic) bond motifs is 1. The highest BCUT2D eigenvalue weighted by molar-refractivity contribution is 5.03. The van der Waals surface area contributed by atoms with Gasteiger partial charge >= 0.3 is 0 Å². The van der Waals surface area contributed by atoms with Crippen LogP contribution < -0.4 is 0 Å². The van der Waals surface area contributed by atoms with Gasteiger partial charge in [0.05, 0.1) is 12.7 Å². The molecule has 0 aromatic heterocycles. The average Bonchev–Trinajstić information content (AvgIpc) is 2.60. The van der Waals surface area contributed by atoms with E-state index in [1.165, 1.54) is 19.4 Å². The van der Waals surface area contributed by atoms with Crippen LogP contribution in [0.2, 0.25) is 0 Å². The maximum Gasteiger partial charge on any atom is 0.0716 e. The molecule has 0 aliphatic carbocycles. The zero-order valence-electron chi connectivity index (χ0n) is 8.58. The Bertz CT molecular complexity index is 186. The first-order valence-corrected chi connectivity index (χ1v) is 5.07. The Morgan fingerprint density at radius 3 is 3.00 bits per heavy atom. The van der Waals surface area contributed by atoms with Gasteiger partial charge in [-0.15, -0.1) is 0 Å². The molecule has 1 unspecified atom stereocenters. The molecule has 0 saturated carbocycles. The summed E-state index contributed by atoms with van der Waals surface area (Å²) in [6.07, 6.45) is 4.17. The lowest BCUT2D eigenvalue weighted by Gasteiger charge is -2.30. The fourth-order valence-electron chi connectivity index (χ4n) is 2.89. The third-order valence-electron chi connectivity index (χ3n) is 3.52. The molecular formula is C10H19NO2. The lowest BCUT2D eigenvalue weighted by molar-refractivity contribution is 0.0632. The second-order valence-corrected chi connectivity index (χ2v) is 4.27. The molecule has 2 rings (SSSR count). The van der Waals surface area contributed by atoms with Crippen molar-refractivity contribution in [2.75, 3.05) is 33.9 Å². The Balaban J connectivity index is 2.05. The van der Waals surface area contributed by atoms with Crippen molar-refractivity contribution in [1.29, 1.82) is 0 Å². The zero-order valence-corrected chi connectivity index (χ0v) is 8.58. The summed E-state index contributed by atoms with van der Waals surface area (Å²) in [5.74, 6) is 0. The van der Waals surface area contributed by atoms with Crippen LogP contribution in [0.4, 0.5) is 0 Å². The van der Waals surface area contributed by atoms with Gasteiger partial charge in [0.1, 0.15) is 0 Å². The van der Waals surface area contributed by atoms with E-state index in [4.69, 9.17) is 9.47 Å². The summed E-state index contributed by atoms with van der Waals surface area (Å²) in [4.78, 5) is 2.55. The third-order valence-corrected chi connectivity index (χ3v) is 3.52. The Morgan fingerprint density at radius 2 is 2.31 bits per heavy atom. The van der Waals surface area contributed by atoms with Crippen LogP contribution in [0.15, 0.2) is 0 Å². The molecule has 0 aromatic carbocycles. The van der Waals surface area contributed by atoms with Crippen LogP contribution in [-0.2, 0) is 9.47 Å². The molecule has 2 fully saturated rings. The quantitative estimate of drug-likeness (QED) is 0.651. The van der Waals surface area contributed by atoms with Crippen LogP contribution in [0.25, 0.3) is 0 Å². The number of ether oxygens (including phenoxy) is 2. The first-order chi connectivity index (χ1) is 6.30. The van der Waals surface area contributed by atoms with Crippen molar-refractivity contribution in [2.24, 2.45) is 0 Å². The Labute approximate surface area is 80.0 Å². The summed E-state index contributed by atoms with van der Waals surface area (Å²) in [5, 5.41) is 0. The van der Waals surface area contributed by atoms with E-state index < -0.39 is 0 Å². The minimum atomic E-state index is 0.315. The molecular weight excluding hydrogens is 166 g/mol. The monoisotopic (exact) mass is 185 g/mol. The molecule has 3 heteroatoms. The lowest BCUT2D eigenvalue weighted by Crippen LogP contribution is -2.42. The largest absolute Gasteiger partial charge is 0.383 e. The van der Waals surface area contributed by atoms with Crippen LogP contribution >= 0.6 is 0 Å². The minimum Gasteiger partial charge on any atom is -0.383 e. The van der Waals surface area contributed by atoms with Crippen LogP contribution in [0.5, 0.6) is 0 Å². The van der Waals surface area contributed by atoms with Crippen molar-refractivity contribution in [1.82, 2.24) is 4.90 Å². The number of hydrogen-bond acceptors (Lipinski definition) is 3. The van der Waals surface area contributed by atoms with Gasteiger partial charge in [0, 0.05) is 26.3 Å². The molecule has 13 heavy (non-hydrogen) atoms. The van der Waals surface area contributed by atoms with Gasteiger partial charge in [-0.2, -0.15) is 0 Å². The van der Waals surface area contributed by atoms with E-state index in [-0.39, 0.29) is 0 Å². The average molecular weight is 185 g/mol. The highest BCUT2D eigenvalue weighted by Crippen LogP contribution is 2.39. The predicted octanol–water partition coefficient (Wildman–Crippen LogP) is 0.886. The van der Waals surface area contributed by atoms with E-state index in [9.17, 15) is 0 Å². The topological polar surface area (TPSA) is 21.7 Å². The van der Waals surface area contributed by atoms with Gasteiger partial charge in [0.25, 0.3) is 0 Å². The summed E-state index contributed by atoms with van der Waals surface area (Å²) in [5.41, 5.74) is 0.315. The zero-order chi connectivity index (χ0) is 9.31. The summed E-state index contributed by atoms with van der Waals surface area (Å²) in [7, 11) is 3.61. The first kappa shape index (κ1) is 9.44. The molecule has 0 amide bonds. The van der Waals surface area contributed by atoms with E-state index in [1.807, 2.05) is 7.11 Å². The number of nitrogens with zero attached hydrogens (tertiary/aromatic N) is 1. The molecule has 2 aliphatic rings. The molecule has 2 saturated heterocycles. The van der Waals surface area contributed by atoms with Crippen molar-refractivity contribution in [3.63, 3.8) is 0 Å². The van der Waals surface area contributed by atoms with Crippen molar-refractivity contribution < 1.29 is 9.47 Å². The van der Waals surface area contributed by atoms with Crippen LogP contribution in [0.3, 0.4) is 0 Å². The maximum absolute atomic E-state index is 5.42. The molecule has 0 aromatic rings. The van der Waals surface area contributed by atoms with Gasteiger partial charge in [0.15, 0.2) is 0 Å². The second kappa shape index (κ2) is 3.56.